The van der Waals surface area contributed by atoms with Gasteiger partial charge in [-0.25, -0.2) is 9.97 Å². The molecule has 0 radical (unpaired) electrons. The van der Waals surface area contributed by atoms with Crippen molar-refractivity contribution < 1.29 is 9.90 Å². The third kappa shape index (κ3) is 3.89. The highest BCUT2D eigenvalue weighted by atomic mass is 16.4. The van der Waals surface area contributed by atoms with Crippen LogP contribution in [0.3, 0.4) is 0 Å². The lowest BCUT2D eigenvalue weighted by Crippen LogP contribution is -2.51. The van der Waals surface area contributed by atoms with E-state index in [0.29, 0.717) is 17.9 Å². The maximum absolute atomic E-state index is 10.9. The predicted molar refractivity (Wildman–Crippen MR) is 92.8 cm³/mol. The van der Waals surface area contributed by atoms with E-state index >= 15 is 0 Å². The second-order valence-electron chi connectivity index (χ2n) is 6.05. The highest BCUT2D eigenvalue weighted by Crippen LogP contribution is 2.28. The smallest absolute Gasteiger partial charge is 0.317 e. The summed E-state index contributed by atoms with van der Waals surface area (Å²) in [6, 6.07) is 12.4. The van der Waals surface area contributed by atoms with E-state index in [4.69, 9.17) is 5.11 Å². The van der Waals surface area contributed by atoms with Gasteiger partial charge in [-0.3, -0.25) is 9.69 Å². The zero-order valence-corrected chi connectivity index (χ0v) is 13.7. The summed E-state index contributed by atoms with van der Waals surface area (Å²) in [7, 11) is 0. The van der Waals surface area contributed by atoms with Crippen molar-refractivity contribution in [2.24, 2.45) is 0 Å². The monoisotopic (exact) mass is 326 g/mol. The quantitative estimate of drug-likeness (QED) is 0.814. The van der Waals surface area contributed by atoms with Crippen LogP contribution in [-0.2, 0) is 4.79 Å². The summed E-state index contributed by atoms with van der Waals surface area (Å²) in [6.07, 6.45) is 3.63. The van der Waals surface area contributed by atoms with Crippen LogP contribution < -0.4 is 5.32 Å². The van der Waals surface area contributed by atoms with Crippen LogP contribution in [0.1, 0.15) is 19.8 Å². The Kier molecular flexibility index (Phi) is 5.05. The Morgan fingerprint density at radius 3 is 2.71 bits per heavy atom. The van der Waals surface area contributed by atoms with Gasteiger partial charge in [0, 0.05) is 23.8 Å². The predicted octanol–water partition coefficient (Wildman–Crippen LogP) is 2.49. The number of benzene rings is 1. The van der Waals surface area contributed by atoms with Crippen molar-refractivity contribution in [2.45, 2.75) is 31.8 Å². The van der Waals surface area contributed by atoms with E-state index in [2.05, 4.69) is 15.3 Å². The molecule has 2 N–H and O–H groups in total. The molecule has 0 unspecified atom stereocenters. The fourth-order valence-corrected chi connectivity index (χ4v) is 3.05. The van der Waals surface area contributed by atoms with Gasteiger partial charge in [-0.2, -0.15) is 0 Å². The summed E-state index contributed by atoms with van der Waals surface area (Å²) in [4.78, 5) is 21.8. The maximum atomic E-state index is 10.9. The lowest BCUT2D eigenvalue weighted by atomic mass is 9.85. The average Bonchev–Trinajstić information content (AvgIpc) is 2.57. The van der Waals surface area contributed by atoms with E-state index in [1.807, 2.05) is 48.2 Å². The van der Waals surface area contributed by atoms with Crippen LogP contribution in [0.5, 0.6) is 0 Å². The van der Waals surface area contributed by atoms with E-state index in [9.17, 15) is 4.79 Å². The summed E-state index contributed by atoms with van der Waals surface area (Å²) in [6.45, 7) is 2.87. The van der Waals surface area contributed by atoms with Crippen molar-refractivity contribution in [2.75, 3.05) is 18.4 Å². The number of rotatable bonds is 7. The first-order valence-corrected chi connectivity index (χ1v) is 8.26. The molecule has 0 spiro atoms. The Balaban J connectivity index is 1.58. The number of hydrogen-bond donors (Lipinski definition) is 2. The first-order valence-electron chi connectivity index (χ1n) is 8.26. The van der Waals surface area contributed by atoms with Crippen molar-refractivity contribution in [3.05, 3.63) is 42.6 Å². The summed E-state index contributed by atoms with van der Waals surface area (Å²) >= 11 is 0. The second kappa shape index (κ2) is 7.40. The fourth-order valence-electron chi connectivity index (χ4n) is 3.05. The molecule has 1 fully saturated rings. The lowest BCUT2D eigenvalue weighted by Gasteiger charge is -2.42. The van der Waals surface area contributed by atoms with Gasteiger partial charge in [-0.1, -0.05) is 37.3 Å². The van der Waals surface area contributed by atoms with Crippen LogP contribution in [-0.4, -0.2) is 51.1 Å². The molecule has 1 saturated carbocycles. The van der Waals surface area contributed by atoms with Gasteiger partial charge < -0.3 is 10.4 Å². The van der Waals surface area contributed by atoms with Gasteiger partial charge in [0.15, 0.2) is 5.82 Å². The molecule has 3 rings (SSSR count). The van der Waals surface area contributed by atoms with Gasteiger partial charge in [0.05, 0.1) is 6.54 Å². The summed E-state index contributed by atoms with van der Waals surface area (Å²) in [5.74, 6) is 0.752. The molecule has 0 saturated heterocycles. The van der Waals surface area contributed by atoms with E-state index in [1.54, 1.807) is 6.20 Å². The second-order valence-corrected chi connectivity index (χ2v) is 6.05. The van der Waals surface area contributed by atoms with Gasteiger partial charge in [0.2, 0.25) is 0 Å². The first-order chi connectivity index (χ1) is 11.7. The number of nitrogens with zero attached hydrogens (tertiary/aromatic N) is 3. The SMILES string of the molecule is CCN(CC(=O)O)C1CC(Nc2ccnc(-c3ccccc3)n2)C1. The van der Waals surface area contributed by atoms with E-state index in [-0.39, 0.29) is 6.54 Å². The Labute approximate surface area is 141 Å². The number of aromatic nitrogens is 2. The number of carboxylic acids is 1. The largest absolute Gasteiger partial charge is 0.480 e. The van der Waals surface area contributed by atoms with Crippen LogP contribution >= 0.6 is 0 Å². The van der Waals surface area contributed by atoms with E-state index < -0.39 is 5.97 Å². The van der Waals surface area contributed by atoms with E-state index in [1.165, 1.54) is 0 Å². The zero-order valence-electron chi connectivity index (χ0n) is 13.7. The number of likely N-dealkylation sites (N-methyl/N-ethyl adjacent to an activating group) is 1. The van der Waals surface area contributed by atoms with Gasteiger partial charge >= 0.3 is 5.97 Å². The van der Waals surface area contributed by atoms with Crippen molar-refractivity contribution in [3.8, 4) is 11.4 Å². The van der Waals surface area contributed by atoms with Crippen molar-refractivity contribution in [1.82, 2.24) is 14.9 Å². The van der Waals surface area contributed by atoms with Crippen LogP contribution in [0.25, 0.3) is 11.4 Å². The third-order valence-electron chi connectivity index (χ3n) is 4.41. The number of carboxylic acid groups (broad SMARTS) is 1. The molecule has 0 atom stereocenters. The topological polar surface area (TPSA) is 78.4 Å². The lowest BCUT2D eigenvalue weighted by molar-refractivity contribution is -0.139. The first kappa shape index (κ1) is 16.4. The van der Waals surface area contributed by atoms with Gasteiger partial charge in [-0.05, 0) is 25.5 Å². The Morgan fingerprint density at radius 1 is 1.29 bits per heavy atom. The van der Waals surface area contributed by atoms with Crippen LogP contribution in [0.15, 0.2) is 42.6 Å². The summed E-state index contributed by atoms with van der Waals surface area (Å²) < 4.78 is 0. The third-order valence-corrected chi connectivity index (χ3v) is 4.41. The Hall–Kier alpha value is -2.47. The molecule has 1 heterocycles. The highest BCUT2D eigenvalue weighted by Gasteiger charge is 2.33. The van der Waals surface area contributed by atoms with Crippen LogP contribution in [0, 0.1) is 0 Å². The minimum absolute atomic E-state index is 0.111. The normalized spacial score (nSPS) is 19.8. The highest BCUT2D eigenvalue weighted by molar-refractivity contribution is 5.69. The van der Waals surface area contributed by atoms with Crippen molar-refractivity contribution in [1.29, 1.82) is 0 Å². The average molecular weight is 326 g/mol. The number of aliphatic carboxylic acids is 1. The molecule has 24 heavy (non-hydrogen) atoms. The molecule has 1 aliphatic rings. The molecule has 6 nitrogen and oxygen atoms in total. The molecule has 1 aromatic heterocycles. The number of nitrogens with one attached hydrogen (secondary N) is 1. The number of hydrogen-bond acceptors (Lipinski definition) is 5. The van der Waals surface area contributed by atoms with Crippen LogP contribution in [0.4, 0.5) is 5.82 Å². The Bertz CT molecular complexity index is 686. The Morgan fingerprint density at radius 2 is 2.04 bits per heavy atom. The molecule has 2 aromatic rings. The molecular weight excluding hydrogens is 304 g/mol. The molecule has 0 aliphatic heterocycles. The standard InChI is InChI=1S/C18H22N4O2/c1-2-22(12-17(23)24)15-10-14(11-15)20-16-8-9-19-18(21-16)13-6-4-3-5-7-13/h3-9,14-15H,2,10-12H2,1H3,(H,23,24)(H,19,20,21). The van der Waals surface area contributed by atoms with Crippen LogP contribution in [0.2, 0.25) is 0 Å². The summed E-state index contributed by atoms with van der Waals surface area (Å²) in [5.41, 5.74) is 0.992. The zero-order chi connectivity index (χ0) is 16.9. The molecule has 0 amide bonds. The molecule has 1 aliphatic carbocycles. The van der Waals surface area contributed by atoms with Gasteiger partial charge in [-0.15, -0.1) is 0 Å². The molecule has 1 aromatic carbocycles. The molecule has 6 heteroatoms. The fraction of sp³-hybridized carbons (Fsp3) is 0.389. The number of carbonyl (C=O) groups is 1. The summed E-state index contributed by atoms with van der Waals surface area (Å²) in [5, 5.41) is 12.4. The minimum Gasteiger partial charge on any atom is -0.480 e. The molecule has 126 valence electrons. The van der Waals surface area contributed by atoms with Crippen molar-refractivity contribution in [3.63, 3.8) is 0 Å². The minimum atomic E-state index is -0.767. The van der Waals surface area contributed by atoms with Gasteiger partial charge in [0.25, 0.3) is 0 Å². The molecule has 0 bridgehead atoms. The maximum Gasteiger partial charge on any atom is 0.317 e. The molecular formula is C18H22N4O2. The van der Waals surface area contributed by atoms with Crippen molar-refractivity contribution >= 4 is 11.8 Å². The van der Waals surface area contributed by atoms with Gasteiger partial charge in [0.1, 0.15) is 5.82 Å². The number of anilines is 1. The van der Waals surface area contributed by atoms with E-state index in [0.717, 1.165) is 30.8 Å².